The number of hydrogen-bond donors (Lipinski definition) is 1. The van der Waals surface area contributed by atoms with Crippen LogP contribution in [0.1, 0.15) is 46.2 Å². The van der Waals surface area contributed by atoms with Crippen molar-refractivity contribution < 1.29 is 4.74 Å². The zero-order chi connectivity index (χ0) is 16.0. The second-order valence-corrected chi connectivity index (χ2v) is 7.74. The van der Waals surface area contributed by atoms with Gasteiger partial charge in [0.15, 0.2) is 0 Å². The Bertz CT molecular complexity index is 526. The van der Waals surface area contributed by atoms with Crippen LogP contribution in [-0.4, -0.2) is 13.7 Å². The van der Waals surface area contributed by atoms with Crippen molar-refractivity contribution in [2.24, 2.45) is 16.7 Å². The van der Waals surface area contributed by atoms with Crippen LogP contribution in [0.2, 0.25) is 10.0 Å². The van der Waals surface area contributed by atoms with E-state index in [-0.39, 0.29) is 16.9 Å². The molecule has 118 valence electrons. The molecule has 0 amide bonds. The van der Waals surface area contributed by atoms with Crippen LogP contribution in [-0.2, 0) is 0 Å². The second kappa shape index (κ2) is 5.64. The second-order valence-electron chi connectivity index (χ2n) is 6.92. The predicted molar refractivity (Wildman–Crippen MR) is 90.5 cm³/mol. The molecular weight excluding hydrogens is 305 g/mol. The van der Waals surface area contributed by atoms with E-state index in [2.05, 4.69) is 33.0 Å². The topological polar surface area (TPSA) is 21.3 Å². The van der Waals surface area contributed by atoms with Crippen molar-refractivity contribution in [1.82, 2.24) is 5.32 Å². The van der Waals surface area contributed by atoms with E-state index in [1.54, 1.807) is 0 Å². The van der Waals surface area contributed by atoms with Crippen molar-refractivity contribution in [2.75, 3.05) is 13.7 Å². The summed E-state index contributed by atoms with van der Waals surface area (Å²) in [4.78, 5) is 0. The molecule has 1 aliphatic carbocycles. The van der Waals surface area contributed by atoms with Gasteiger partial charge in [-0.2, -0.15) is 0 Å². The first-order chi connectivity index (χ1) is 9.68. The molecular formula is C17H25Cl2NO. The lowest BCUT2D eigenvalue weighted by Crippen LogP contribution is -2.22. The molecule has 1 saturated carbocycles. The van der Waals surface area contributed by atoms with Crippen LogP contribution >= 0.6 is 23.2 Å². The van der Waals surface area contributed by atoms with Gasteiger partial charge < -0.3 is 10.1 Å². The zero-order valence-corrected chi connectivity index (χ0v) is 15.2. The summed E-state index contributed by atoms with van der Waals surface area (Å²) < 4.78 is 5.51. The quantitative estimate of drug-likeness (QED) is 0.787. The molecule has 1 atom stereocenters. The molecule has 1 aliphatic rings. The number of rotatable bonds is 5. The zero-order valence-electron chi connectivity index (χ0n) is 13.7. The van der Waals surface area contributed by atoms with Gasteiger partial charge in [0.2, 0.25) is 0 Å². The first-order valence-electron chi connectivity index (χ1n) is 7.47. The van der Waals surface area contributed by atoms with Crippen LogP contribution < -0.4 is 10.1 Å². The van der Waals surface area contributed by atoms with E-state index in [0.29, 0.717) is 28.3 Å². The molecule has 0 radical (unpaired) electrons. The molecule has 0 spiro atoms. The summed E-state index contributed by atoms with van der Waals surface area (Å²) in [6.45, 7) is 11.8. The highest BCUT2D eigenvalue weighted by molar-refractivity contribution is 6.34. The Morgan fingerprint density at radius 2 is 1.71 bits per heavy atom. The van der Waals surface area contributed by atoms with Crippen molar-refractivity contribution >= 4 is 23.2 Å². The first kappa shape index (κ1) is 16.9. The van der Waals surface area contributed by atoms with Crippen LogP contribution in [0.3, 0.4) is 0 Å². The van der Waals surface area contributed by atoms with Gasteiger partial charge in [-0.1, -0.05) is 50.9 Å². The van der Waals surface area contributed by atoms with Gasteiger partial charge in [0, 0.05) is 17.1 Å². The van der Waals surface area contributed by atoms with Crippen molar-refractivity contribution in [3.8, 4) is 5.75 Å². The smallest absolute Gasteiger partial charge is 0.139 e. The molecule has 1 unspecified atom stereocenters. The Kier molecular flexibility index (Phi) is 4.55. The summed E-state index contributed by atoms with van der Waals surface area (Å²) in [5.41, 5.74) is 1.60. The van der Waals surface area contributed by atoms with E-state index in [4.69, 9.17) is 27.9 Å². The van der Waals surface area contributed by atoms with Gasteiger partial charge in [-0.05, 0) is 42.3 Å². The van der Waals surface area contributed by atoms with E-state index in [9.17, 15) is 0 Å². The number of halogens is 2. The molecule has 4 heteroatoms. The molecule has 2 rings (SSSR count). The minimum absolute atomic E-state index is 0.190. The van der Waals surface area contributed by atoms with Crippen LogP contribution in [0.4, 0.5) is 0 Å². The molecule has 1 aromatic rings. The van der Waals surface area contributed by atoms with Gasteiger partial charge in [0.1, 0.15) is 5.75 Å². The summed E-state index contributed by atoms with van der Waals surface area (Å²) in [5, 5.41) is 4.75. The number of nitrogens with one attached hydrogen (secondary N) is 1. The van der Waals surface area contributed by atoms with Crippen LogP contribution in [0, 0.1) is 16.7 Å². The van der Waals surface area contributed by atoms with E-state index in [0.717, 1.165) is 5.56 Å². The molecule has 1 fully saturated rings. The van der Waals surface area contributed by atoms with Crippen molar-refractivity contribution in [3.63, 3.8) is 0 Å². The normalized spacial score (nSPS) is 21.1. The SMILES string of the molecule is CCOc1cc(Cl)c(C(NC)C2C(C)(C)C2(C)C)cc1Cl. The lowest BCUT2D eigenvalue weighted by molar-refractivity contribution is 0.340. The summed E-state index contributed by atoms with van der Waals surface area (Å²) >= 11 is 12.8. The fourth-order valence-corrected chi connectivity index (χ4v) is 4.13. The molecule has 0 bridgehead atoms. The molecule has 21 heavy (non-hydrogen) atoms. The Morgan fingerprint density at radius 1 is 1.14 bits per heavy atom. The molecule has 0 aliphatic heterocycles. The number of hydrogen-bond acceptors (Lipinski definition) is 2. The van der Waals surface area contributed by atoms with Gasteiger partial charge >= 0.3 is 0 Å². The van der Waals surface area contributed by atoms with E-state index < -0.39 is 0 Å². The standard InChI is InChI=1S/C17H25Cl2NO/c1-7-21-13-9-11(18)10(8-12(13)19)14(20-6)15-16(2,3)17(15,4)5/h8-9,14-15,20H,7H2,1-6H3. The van der Waals surface area contributed by atoms with E-state index >= 15 is 0 Å². The summed E-state index contributed by atoms with van der Waals surface area (Å²) in [5.74, 6) is 1.17. The molecule has 0 aromatic heterocycles. The summed E-state index contributed by atoms with van der Waals surface area (Å²) in [6.07, 6.45) is 0. The average Bonchev–Trinajstić information content (AvgIpc) is 2.79. The largest absolute Gasteiger partial charge is 0.492 e. The van der Waals surface area contributed by atoms with Crippen LogP contribution in [0.15, 0.2) is 12.1 Å². The van der Waals surface area contributed by atoms with Crippen molar-refractivity contribution in [3.05, 3.63) is 27.7 Å². The maximum atomic E-state index is 6.49. The maximum Gasteiger partial charge on any atom is 0.139 e. The highest BCUT2D eigenvalue weighted by Gasteiger charge is 2.67. The number of ether oxygens (including phenoxy) is 1. The molecule has 0 saturated heterocycles. The van der Waals surface area contributed by atoms with Crippen molar-refractivity contribution in [1.29, 1.82) is 0 Å². The molecule has 2 nitrogen and oxygen atoms in total. The summed E-state index contributed by atoms with van der Waals surface area (Å²) in [7, 11) is 1.98. The Hall–Kier alpha value is -0.440. The van der Waals surface area contributed by atoms with Crippen LogP contribution in [0.5, 0.6) is 5.75 Å². The molecule has 0 heterocycles. The summed E-state index contributed by atoms with van der Waals surface area (Å²) in [6, 6.07) is 3.96. The van der Waals surface area contributed by atoms with Gasteiger partial charge in [0.05, 0.1) is 11.6 Å². The van der Waals surface area contributed by atoms with Crippen LogP contribution in [0.25, 0.3) is 0 Å². The minimum Gasteiger partial charge on any atom is -0.492 e. The van der Waals surface area contributed by atoms with Gasteiger partial charge in [-0.25, -0.2) is 0 Å². The van der Waals surface area contributed by atoms with E-state index in [1.165, 1.54) is 0 Å². The minimum atomic E-state index is 0.190. The fraction of sp³-hybridized carbons (Fsp3) is 0.647. The third-order valence-corrected chi connectivity index (χ3v) is 6.09. The lowest BCUT2D eigenvalue weighted by atomic mass is 9.96. The Balaban J connectivity index is 2.39. The van der Waals surface area contributed by atoms with Gasteiger partial charge in [0.25, 0.3) is 0 Å². The highest BCUT2D eigenvalue weighted by atomic mass is 35.5. The highest BCUT2D eigenvalue weighted by Crippen LogP contribution is 2.72. The molecule has 1 N–H and O–H groups in total. The fourth-order valence-electron chi connectivity index (χ4n) is 3.63. The Labute approximate surface area is 138 Å². The predicted octanol–water partition coefficient (Wildman–Crippen LogP) is 5.33. The molecule has 1 aromatic carbocycles. The Morgan fingerprint density at radius 3 is 2.14 bits per heavy atom. The average molecular weight is 330 g/mol. The van der Waals surface area contributed by atoms with E-state index in [1.807, 2.05) is 26.1 Å². The maximum absolute atomic E-state index is 6.49. The third-order valence-electron chi connectivity index (χ3n) is 5.46. The van der Waals surface area contributed by atoms with Crippen molar-refractivity contribution in [2.45, 2.75) is 40.7 Å². The lowest BCUT2D eigenvalue weighted by Gasteiger charge is -2.21. The monoisotopic (exact) mass is 329 g/mol. The van der Waals surface area contributed by atoms with Gasteiger partial charge in [-0.3, -0.25) is 0 Å². The van der Waals surface area contributed by atoms with Gasteiger partial charge in [-0.15, -0.1) is 0 Å². The number of benzene rings is 1. The first-order valence-corrected chi connectivity index (χ1v) is 8.23. The third kappa shape index (κ3) is 2.67.